The van der Waals surface area contributed by atoms with Crippen molar-refractivity contribution in [1.82, 2.24) is 4.90 Å². The molecule has 0 radical (unpaired) electrons. The molecule has 3 N–H and O–H groups in total. The number of nitrogens with zero attached hydrogens (tertiary/aromatic N) is 1. The highest BCUT2D eigenvalue weighted by molar-refractivity contribution is 5.92. The molecule has 0 spiro atoms. The van der Waals surface area contributed by atoms with Gasteiger partial charge in [0.15, 0.2) is 0 Å². The van der Waals surface area contributed by atoms with Crippen molar-refractivity contribution in [3.8, 4) is 5.75 Å². The molecule has 1 aromatic rings. The number of carbonyl (C=O) groups is 1. The minimum Gasteiger partial charge on any atom is -0.488 e. The van der Waals surface area contributed by atoms with Crippen LogP contribution < -0.4 is 10.5 Å². The van der Waals surface area contributed by atoms with Crippen molar-refractivity contribution in [2.45, 2.75) is 38.3 Å². The highest BCUT2D eigenvalue weighted by Crippen LogP contribution is 2.26. The van der Waals surface area contributed by atoms with E-state index in [-0.39, 0.29) is 11.7 Å². The molecule has 110 valence electrons. The van der Waals surface area contributed by atoms with Crippen molar-refractivity contribution >= 4 is 11.7 Å². The Morgan fingerprint density at radius 1 is 1.50 bits per heavy atom. The molecule has 0 amide bonds. The second-order valence-electron chi connectivity index (χ2n) is 5.43. The molecule has 2 atom stereocenters. The monoisotopic (exact) mass is 278 g/mol. The van der Waals surface area contributed by atoms with Gasteiger partial charge in [0.2, 0.25) is 0 Å². The number of carboxylic acids is 1. The predicted molar refractivity (Wildman–Crippen MR) is 78.2 cm³/mol. The minimum atomic E-state index is -1.02. The summed E-state index contributed by atoms with van der Waals surface area (Å²) >= 11 is 0. The van der Waals surface area contributed by atoms with Crippen LogP contribution >= 0.6 is 0 Å². The van der Waals surface area contributed by atoms with Crippen LogP contribution in [0.5, 0.6) is 5.75 Å². The summed E-state index contributed by atoms with van der Waals surface area (Å²) in [6, 6.07) is 5.06. The third-order valence-corrected chi connectivity index (χ3v) is 3.92. The summed E-state index contributed by atoms with van der Waals surface area (Å²) in [5, 5.41) is 9.22. The summed E-state index contributed by atoms with van der Waals surface area (Å²) in [5.74, 6) is -0.630. The fraction of sp³-hybridized carbons (Fsp3) is 0.533. The zero-order valence-corrected chi connectivity index (χ0v) is 12.0. The van der Waals surface area contributed by atoms with Gasteiger partial charge in [-0.1, -0.05) is 6.42 Å². The summed E-state index contributed by atoms with van der Waals surface area (Å²) in [6.07, 6.45) is 3.43. The Morgan fingerprint density at radius 3 is 2.90 bits per heavy atom. The van der Waals surface area contributed by atoms with Gasteiger partial charge >= 0.3 is 5.97 Å². The maximum Gasteiger partial charge on any atom is 0.339 e. The highest BCUT2D eigenvalue weighted by Gasteiger charge is 2.27. The van der Waals surface area contributed by atoms with Crippen LogP contribution in [0.1, 0.15) is 36.5 Å². The van der Waals surface area contributed by atoms with Crippen LogP contribution in [0.4, 0.5) is 5.69 Å². The van der Waals surface area contributed by atoms with E-state index in [0.717, 1.165) is 13.0 Å². The maximum atomic E-state index is 11.3. The number of carboxylic acid groups (broad SMARTS) is 1. The first kappa shape index (κ1) is 14.7. The zero-order valence-electron chi connectivity index (χ0n) is 12.0. The van der Waals surface area contributed by atoms with Gasteiger partial charge in [-0.05, 0) is 51.6 Å². The summed E-state index contributed by atoms with van der Waals surface area (Å²) in [7, 11) is 2.09. The van der Waals surface area contributed by atoms with Crippen LogP contribution in [-0.4, -0.2) is 41.7 Å². The molecule has 5 heteroatoms. The van der Waals surface area contributed by atoms with Gasteiger partial charge in [-0.2, -0.15) is 0 Å². The molecule has 20 heavy (non-hydrogen) atoms. The molecule has 2 unspecified atom stereocenters. The van der Waals surface area contributed by atoms with Crippen molar-refractivity contribution in [3.63, 3.8) is 0 Å². The van der Waals surface area contributed by atoms with Gasteiger partial charge in [0.1, 0.15) is 17.4 Å². The molecule has 1 aromatic carbocycles. The van der Waals surface area contributed by atoms with E-state index < -0.39 is 5.97 Å². The van der Waals surface area contributed by atoms with Crippen LogP contribution in [0, 0.1) is 0 Å². The average molecular weight is 278 g/mol. The van der Waals surface area contributed by atoms with E-state index in [0.29, 0.717) is 17.5 Å². The molecule has 1 aliphatic rings. The first-order valence-corrected chi connectivity index (χ1v) is 6.98. The standard InChI is InChI=1S/C15H22N2O3/c1-10(13-5-3-4-8-17(13)2)20-14-7-6-11(16)9-12(14)15(18)19/h6-7,9-10,13H,3-5,8,16H2,1-2H3,(H,18,19). The summed E-state index contributed by atoms with van der Waals surface area (Å²) in [6.45, 7) is 3.06. The number of nitrogens with two attached hydrogens (primary N) is 1. The number of hydrogen-bond acceptors (Lipinski definition) is 4. The highest BCUT2D eigenvalue weighted by atomic mass is 16.5. The van der Waals surface area contributed by atoms with E-state index in [1.807, 2.05) is 6.92 Å². The van der Waals surface area contributed by atoms with Crippen LogP contribution in [-0.2, 0) is 0 Å². The van der Waals surface area contributed by atoms with Gasteiger partial charge in [-0.15, -0.1) is 0 Å². The lowest BCUT2D eigenvalue weighted by Gasteiger charge is -2.36. The lowest BCUT2D eigenvalue weighted by molar-refractivity contribution is 0.0619. The number of hydrogen-bond donors (Lipinski definition) is 2. The Hall–Kier alpha value is -1.75. The number of rotatable bonds is 4. The zero-order chi connectivity index (χ0) is 14.7. The lowest BCUT2D eigenvalue weighted by atomic mass is 9.99. The Kier molecular flexibility index (Phi) is 4.49. The number of nitrogen functional groups attached to an aromatic ring is 1. The van der Waals surface area contributed by atoms with Crippen molar-refractivity contribution < 1.29 is 14.6 Å². The molecular formula is C15H22N2O3. The van der Waals surface area contributed by atoms with Gasteiger partial charge < -0.3 is 15.6 Å². The van der Waals surface area contributed by atoms with E-state index in [1.165, 1.54) is 18.9 Å². The van der Waals surface area contributed by atoms with Crippen molar-refractivity contribution in [2.24, 2.45) is 0 Å². The quantitative estimate of drug-likeness (QED) is 0.826. The molecule has 1 fully saturated rings. The van der Waals surface area contributed by atoms with Crippen molar-refractivity contribution in [1.29, 1.82) is 0 Å². The number of benzene rings is 1. The molecule has 0 aliphatic carbocycles. The fourth-order valence-electron chi connectivity index (χ4n) is 2.79. The molecule has 0 aromatic heterocycles. The predicted octanol–water partition coefficient (Wildman–Crippen LogP) is 2.22. The number of likely N-dealkylation sites (N-methyl/N-ethyl adjacent to an activating group) is 1. The Labute approximate surface area is 119 Å². The van der Waals surface area contributed by atoms with Crippen molar-refractivity contribution in [3.05, 3.63) is 23.8 Å². The van der Waals surface area contributed by atoms with E-state index in [4.69, 9.17) is 10.5 Å². The van der Waals surface area contributed by atoms with Gasteiger partial charge in [-0.3, -0.25) is 4.90 Å². The van der Waals surface area contributed by atoms with Crippen LogP contribution in [0.15, 0.2) is 18.2 Å². The fourth-order valence-corrected chi connectivity index (χ4v) is 2.79. The van der Waals surface area contributed by atoms with E-state index in [9.17, 15) is 9.90 Å². The van der Waals surface area contributed by atoms with Crippen LogP contribution in [0.25, 0.3) is 0 Å². The van der Waals surface area contributed by atoms with Crippen molar-refractivity contribution in [2.75, 3.05) is 19.3 Å². The van der Waals surface area contributed by atoms with Crippen LogP contribution in [0.2, 0.25) is 0 Å². The molecule has 5 nitrogen and oxygen atoms in total. The lowest BCUT2D eigenvalue weighted by Crippen LogP contribution is -2.45. The second kappa shape index (κ2) is 6.13. The normalized spacial score (nSPS) is 21.4. The number of likely N-dealkylation sites (tertiary alicyclic amines) is 1. The smallest absolute Gasteiger partial charge is 0.339 e. The first-order chi connectivity index (χ1) is 9.49. The number of piperidine rings is 1. The Balaban J connectivity index is 2.14. The van der Waals surface area contributed by atoms with Gasteiger partial charge in [0, 0.05) is 11.7 Å². The number of aromatic carboxylic acids is 1. The molecule has 1 saturated heterocycles. The van der Waals surface area contributed by atoms with E-state index in [2.05, 4.69) is 11.9 Å². The van der Waals surface area contributed by atoms with Gasteiger partial charge in [0.25, 0.3) is 0 Å². The van der Waals surface area contributed by atoms with Gasteiger partial charge in [0.05, 0.1) is 0 Å². The minimum absolute atomic E-state index is 0.0537. The Bertz CT molecular complexity index is 490. The summed E-state index contributed by atoms with van der Waals surface area (Å²) in [4.78, 5) is 13.5. The number of ether oxygens (including phenoxy) is 1. The van der Waals surface area contributed by atoms with Gasteiger partial charge in [-0.25, -0.2) is 4.79 Å². The topological polar surface area (TPSA) is 75.8 Å². The summed E-state index contributed by atoms with van der Waals surface area (Å²) in [5.41, 5.74) is 6.18. The van der Waals surface area contributed by atoms with Crippen LogP contribution in [0.3, 0.4) is 0 Å². The first-order valence-electron chi connectivity index (χ1n) is 6.98. The Morgan fingerprint density at radius 2 is 2.25 bits per heavy atom. The molecule has 0 saturated carbocycles. The molecule has 0 bridgehead atoms. The SMILES string of the molecule is CC(Oc1ccc(N)cc1C(=O)O)C1CCCCN1C. The molecule has 1 heterocycles. The largest absolute Gasteiger partial charge is 0.488 e. The molecule has 2 rings (SSSR count). The molecule has 1 aliphatic heterocycles. The molecular weight excluding hydrogens is 256 g/mol. The number of anilines is 1. The van der Waals surface area contributed by atoms with E-state index >= 15 is 0 Å². The third kappa shape index (κ3) is 3.22. The maximum absolute atomic E-state index is 11.3. The average Bonchev–Trinajstić information content (AvgIpc) is 2.41. The summed E-state index contributed by atoms with van der Waals surface area (Å²) < 4.78 is 5.89. The van der Waals surface area contributed by atoms with E-state index in [1.54, 1.807) is 12.1 Å². The third-order valence-electron chi connectivity index (χ3n) is 3.92. The second-order valence-corrected chi connectivity index (χ2v) is 5.43.